The van der Waals surface area contributed by atoms with Gasteiger partial charge in [-0.3, -0.25) is 0 Å². The van der Waals surface area contributed by atoms with Crippen molar-refractivity contribution in [2.75, 3.05) is 0 Å². The van der Waals surface area contributed by atoms with Crippen molar-refractivity contribution in [2.24, 2.45) is 5.92 Å². The fraction of sp³-hybridized carbons (Fsp3) is 0.667. The quantitative estimate of drug-likeness (QED) is 0.794. The topological polar surface area (TPSA) is 12.0 Å². The molecule has 1 heterocycles. The van der Waals surface area contributed by atoms with E-state index in [0.717, 1.165) is 12.0 Å². The number of fused-ring (bicyclic) bond motifs is 2. The first-order valence-corrected chi connectivity index (χ1v) is 8.28. The van der Waals surface area contributed by atoms with Crippen molar-refractivity contribution in [3.8, 4) is 0 Å². The Morgan fingerprint density at radius 2 is 1.74 bits per heavy atom. The molecule has 102 valence electrons. The van der Waals surface area contributed by atoms with Crippen LogP contribution in [0.3, 0.4) is 0 Å². The summed E-state index contributed by atoms with van der Waals surface area (Å²) in [6, 6.07) is 8.78. The first kappa shape index (κ1) is 12.0. The molecule has 19 heavy (non-hydrogen) atoms. The highest BCUT2D eigenvalue weighted by atomic mass is 15.0. The van der Waals surface area contributed by atoms with Gasteiger partial charge in [0.05, 0.1) is 0 Å². The number of hydrogen-bond donors (Lipinski definition) is 1. The molecule has 1 nitrogen and oxygen atoms in total. The van der Waals surface area contributed by atoms with Gasteiger partial charge in [-0.2, -0.15) is 0 Å². The third kappa shape index (κ3) is 2.23. The van der Waals surface area contributed by atoms with Gasteiger partial charge in [-0.05, 0) is 67.6 Å². The lowest BCUT2D eigenvalue weighted by Crippen LogP contribution is -2.30. The predicted molar refractivity (Wildman–Crippen MR) is 79.3 cm³/mol. The Labute approximate surface area is 116 Å². The summed E-state index contributed by atoms with van der Waals surface area (Å²) in [4.78, 5) is 0. The van der Waals surface area contributed by atoms with Crippen molar-refractivity contribution in [3.05, 3.63) is 34.9 Å². The van der Waals surface area contributed by atoms with E-state index in [9.17, 15) is 0 Å². The van der Waals surface area contributed by atoms with Crippen molar-refractivity contribution < 1.29 is 0 Å². The van der Waals surface area contributed by atoms with Crippen LogP contribution in [0.2, 0.25) is 0 Å². The maximum atomic E-state index is 3.92. The van der Waals surface area contributed by atoms with Crippen LogP contribution >= 0.6 is 0 Å². The van der Waals surface area contributed by atoms with E-state index in [1.807, 2.05) is 0 Å². The van der Waals surface area contributed by atoms with Crippen molar-refractivity contribution in [2.45, 2.75) is 69.9 Å². The van der Waals surface area contributed by atoms with Crippen molar-refractivity contribution >= 4 is 0 Å². The van der Waals surface area contributed by atoms with Crippen molar-refractivity contribution in [1.29, 1.82) is 0 Å². The summed E-state index contributed by atoms with van der Waals surface area (Å²) in [5.74, 6) is 0.954. The van der Waals surface area contributed by atoms with E-state index in [0.29, 0.717) is 6.04 Å². The Kier molecular flexibility index (Phi) is 3.11. The van der Waals surface area contributed by atoms with Gasteiger partial charge in [0, 0.05) is 12.1 Å². The van der Waals surface area contributed by atoms with Gasteiger partial charge in [0.1, 0.15) is 0 Å². The van der Waals surface area contributed by atoms with Crippen LogP contribution in [0, 0.1) is 5.92 Å². The van der Waals surface area contributed by atoms with Gasteiger partial charge in [0.2, 0.25) is 0 Å². The molecule has 3 aliphatic rings. The maximum Gasteiger partial charge on any atom is 0.0326 e. The summed E-state index contributed by atoms with van der Waals surface area (Å²) in [5.41, 5.74) is 4.82. The van der Waals surface area contributed by atoms with Gasteiger partial charge in [-0.1, -0.05) is 31.0 Å². The summed E-state index contributed by atoms with van der Waals surface area (Å²) in [6.07, 6.45) is 12.5. The molecule has 2 fully saturated rings. The predicted octanol–water partition coefficient (Wildman–Crippen LogP) is 4.16. The molecule has 1 heteroatoms. The minimum absolute atomic E-state index is 0.639. The molecule has 0 aromatic heterocycles. The fourth-order valence-corrected chi connectivity index (χ4v) is 4.54. The number of benzene rings is 1. The smallest absolute Gasteiger partial charge is 0.0326 e. The van der Waals surface area contributed by atoms with E-state index in [4.69, 9.17) is 0 Å². The van der Waals surface area contributed by atoms with Crippen molar-refractivity contribution in [3.63, 3.8) is 0 Å². The molecular formula is C18H25N. The minimum atomic E-state index is 0.639. The Morgan fingerprint density at radius 3 is 2.63 bits per heavy atom. The summed E-state index contributed by atoms with van der Waals surface area (Å²) >= 11 is 0. The van der Waals surface area contributed by atoms with Crippen LogP contribution in [0.4, 0.5) is 0 Å². The van der Waals surface area contributed by atoms with Crippen LogP contribution in [-0.2, 0) is 12.8 Å². The molecule has 1 aromatic rings. The van der Waals surface area contributed by atoms with E-state index in [-0.39, 0.29) is 0 Å². The second kappa shape index (κ2) is 4.94. The molecule has 1 N–H and O–H groups in total. The molecular weight excluding hydrogens is 230 g/mol. The SMILES string of the molecule is c1cc2c(cc1C1CC3CCCCC3N1)CCCC2. The first-order valence-electron chi connectivity index (χ1n) is 8.28. The average Bonchev–Trinajstić information content (AvgIpc) is 2.90. The molecule has 1 aliphatic heterocycles. The molecule has 1 saturated carbocycles. The fourth-order valence-electron chi connectivity index (χ4n) is 4.54. The molecule has 0 bridgehead atoms. The molecule has 2 aliphatic carbocycles. The Bertz CT molecular complexity index is 451. The number of rotatable bonds is 1. The van der Waals surface area contributed by atoms with Crippen LogP contribution < -0.4 is 5.32 Å². The Hall–Kier alpha value is -0.820. The lowest BCUT2D eigenvalue weighted by molar-refractivity contribution is 0.325. The summed E-state index contributed by atoms with van der Waals surface area (Å²) < 4.78 is 0. The molecule has 0 amide bonds. The van der Waals surface area contributed by atoms with Gasteiger partial charge in [-0.25, -0.2) is 0 Å². The summed E-state index contributed by atoms with van der Waals surface area (Å²) in [5, 5.41) is 3.92. The van der Waals surface area contributed by atoms with Crippen molar-refractivity contribution in [1.82, 2.24) is 5.32 Å². The monoisotopic (exact) mass is 255 g/mol. The van der Waals surface area contributed by atoms with E-state index >= 15 is 0 Å². The van der Waals surface area contributed by atoms with Crippen LogP contribution in [-0.4, -0.2) is 6.04 Å². The van der Waals surface area contributed by atoms with Crippen LogP contribution in [0.15, 0.2) is 18.2 Å². The summed E-state index contributed by atoms with van der Waals surface area (Å²) in [7, 11) is 0. The molecule has 1 saturated heterocycles. The maximum absolute atomic E-state index is 3.92. The Balaban J connectivity index is 1.56. The lowest BCUT2D eigenvalue weighted by atomic mass is 9.84. The van der Waals surface area contributed by atoms with Gasteiger partial charge in [-0.15, -0.1) is 0 Å². The van der Waals surface area contributed by atoms with Gasteiger partial charge in [0.25, 0.3) is 0 Å². The lowest BCUT2D eigenvalue weighted by Gasteiger charge is -2.24. The molecule has 3 unspecified atom stereocenters. The standard InChI is InChI=1S/C18H25N/c1-2-6-14-11-16(10-9-13(14)5-1)18-12-15-7-3-4-8-17(15)19-18/h9-11,15,17-19H,1-8,12H2. The minimum Gasteiger partial charge on any atom is -0.307 e. The number of aryl methyl sites for hydroxylation is 2. The zero-order valence-corrected chi connectivity index (χ0v) is 11.8. The zero-order valence-electron chi connectivity index (χ0n) is 11.8. The third-order valence-corrected chi connectivity index (χ3v) is 5.64. The van der Waals surface area contributed by atoms with Crippen LogP contribution in [0.25, 0.3) is 0 Å². The Morgan fingerprint density at radius 1 is 0.895 bits per heavy atom. The van der Waals surface area contributed by atoms with Crippen LogP contribution in [0.1, 0.15) is 67.7 Å². The van der Waals surface area contributed by atoms with E-state index in [2.05, 4.69) is 23.5 Å². The van der Waals surface area contributed by atoms with E-state index in [1.54, 1.807) is 16.7 Å². The second-order valence-corrected chi connectivity index (χ2v) is 6.84. The van der Waals surface area contributed by atoms with Gasteiger partial charge < -0.3 is 5.32 Å². The second-order valence-electron chi connectivity index (χ2n) is 6.84. The highest BCUT2D eigenvalue weighted by molar-refractivity contribution is 5.35. The van der Waals surface area contributed by atoms with Gasteiger partial charge >= 0.3 is 0 Å². The third-order valence-electron chi connectivity index (χ3n) is 5.64. The van der Waals surface area contributed by atoms with E-state index in [1.165, 1.54) is 57.8 Å². The average molecular weight is 255 g/mol. The molecule has 4 rings (SSSR count). The normalized spacial score (nSPS) is 33.8. The first-order chi connectivity index (χ1) is 9.40. The molecule has 0 spiro atoms. The highest BCUT2D eigenvalue weighted by Gasteiger charge is 2.35. The van der Waals surface area contributed by atoms with E-state index < -0.39 is 0 Å². The molecule has 0 radical (unpaired) electrons. The van der Waals surface area contributed by atoms with Crippen LogP contribution in [0.5, 0.6) is 0 Å². The molecule has 1 aromatic carbocycles. The number of nitrogens with one attached hydrogen (secondary N) is 1. The number of hydrogen-bond acceptors (Lipinski definition) is 1. The molecule has 3 atom stereocenters. The van der Waals surface area contributed by atoms with Gasteiger partial charge in [0.15, 0.2) is 0 Å². The summed E-state index contributed by atoms with van der Waals surface area (Å²) in [6.45, 7) is 0. The largest absolute Gasteiger partial charge is 0.307 e. The zero-order chi connectivity index (χ0) is 12.7. The highest BCUT2D eigenvalue weighted by Crippen LogP contribution is 2.39.